The molecule has 2 fully saturated rings. The summed E-state index contributed by atoms with van der Waals surface area (Å²) in [7, 11) is 0. The van der Waals surface area contributed by atoms with Crippen LogP contribution in [0.15, 0.2) is 0 Å². The van der Waals surface area contributed by atoms with Gasteiger partial charge in [0.05, 0.1) is 13.0 Å². The Balaban J connectivity index is 0.000000323. The molecule has 0 bridgehead atoms. The molecule has 2 unspecified atom stereocenters. The highest BCUT2D eigenvalue weighted by atomic mass is 32.2. The van der Waals surface area contributed by atoms with Gasteiger partial charge in [-0.2, -0.15) is 11.8 Å². The van der Waals surface area contributed by atoms with Gasteiger partial charge in [-0.1, -0.05) is 45.4 Å². The lowest BCUT2D eigenvalue weighted by Gasteiger charge is -2.30. The molecule has 0 radical (unpaired) electrons. The van der Waals surface area contributed by atoms with Gasteiger partial charge >= 0.3 is 11.9 Å². The number of esters is 1. The van der Waals surface area contributed by atoms with Crippen LogP contribution in [-0.2, 0) is 19.1 Å². The summed E-state index contributed by atoms with van der Waals surface area (Å²) in [5.41, 5.74) is 0. The topological polar surface area (TPSA) is 105 Å². The number of amides is 1. The molecule has 0 aliphatic heterocycles. The van der Waals surface area contributed by atoms with Crippen molar-refractivity contribution in [3.05, 3.63) is 0 Å². The molecule has 0 aromatic carbocycles. The van der Waals surface area contributed by atoms with Gasteiger partial charge in [-0.05, 0) is 32.6 Å². The van der Waals surface area contributed by atoms with E-state index < -0.39 is 12.0 Å². The van der Waals surface area contributed by atoms with E-state index in [4.69, 9.17) is 9.84 Å². The van der Waals surface area contributed by atoms with Crippen molar-refractivity contribution in [3.63, 3.8) is 0 Å². The number of hydrogen-bond donors (Lipinski definition) is 3. The van der Waals surface area contributed by atoms with Crippen LogP contribution in [0.4, 0.5) is 0 Å². The summed E-state index contributed by atoms with van der Waals surface area (Å²) >= 11 is 1.31. The Bertz CT molecular complexity index is 518. The molecule has 2 rings (SSSR count). The van der Waals surface area contributed by atoms with E-state index in [0.29, 0.717) is 6.61 Å². The van der Waals surface area contributed by atoms with Gasteiger partial charge in [0.15, 0.2) is 0 Å². The first kappa shape index (κ1) is 27.8. The first-order valence-corrected chi connectivity index (χ1v) is 12.9. The minimum atomic E-state index is -1.08. The first-order valence-electron chi connectivity index (χ1n) is 11.8. The molecule has 0 saturated heterocycles. The van der Waals surface area contributed by atoms with E-state index in [1.54, 1.807) is 6.92 Å². The molecule has 0 aromatic rings. The number of thioether (sulfide) groups is 1. The molecule has 2 atom stereocenters. The number of hydrogen-bond acceptors (Lipinski definition) is 6. The summed E-state index contributed by atoms with van der Waals surface area (Å²) in [6.45, 7) is 5.14. The lowest BCUT2D eigenvalue weighted by Crippen LogP contribution is -2.41. The number of carboxylic acid groups (broad SMARTS) is 1. The number of carbonyl (C=O) groups is 3. The average molecular weight is 459 g/mol. The molecule has 0 spiro atoms. The third-order valence-corrected chi connectivity index (χ3v) is 6.93. The minimum Gasteiger partial charge on any atom is -0.480 e. The van der Waals surface area contributed by atoms with Crippen molar-refractivity contribution in [1.82, 2.24) is 10.6 Å². The van der Waals surface area contributed by atoms with Crippen LogP contribution in [0.25, 0.3) is 0 Å². The smallest absolute Gasteiger partial charge is 0.327 e. The largest absolute Gasteiger partial charge is 0.480 e. The van der Waals surface area contributed by atoms with E-state index >= 15 is 0 Å². The van der Waals surface area contributed by atoms with E-state index in [-0.39, 0.29) is 29.3 Å². The second kappa shape index (κ2) is 16.4. The number of nitrogens with one attached hydrogen (secondary N) is 2. The number of aliphatic carboxylic acids is 1. The Morgan fingerprint density at radius 1 is 1.00 bits per heavy atom. The zero-order valence-electron chi connectivity index (χ0n) is 19.5. The fraction of sp³-hybridized carbons (Fsp3) is 0.870. The summed E-state index contributed by atoms with van der Waals surface area (Å²) in [5.74, 6) is -1.55. The first-order chi connectivity index (χ1) is 14.8. The van der Waals surface area contributed by atoms with Crippen LogP contribution in [-0.4, -0.2) is 58.7 Å². The van der Waals surface area contributed by atoms with E-state index in [2.05, 4.69) is 10.6 Å². The molecule has 2 aliphatic rings. The second-order valence-electron chi connectivity index (χ2n) is 8.58. The number of carboxylic acids is 1. The fourth-order valence-electron chi connectivity index (χ4n) is 4.07. The van der Waals surface area contributed by atoms with Gasteiger partial charge in [-0.15, -0.1) is 0 Å². The molecule has 2 aliphatic carbocycles. The van der Waals surface area contributed by atoms with Crippen molar-refractivity contribution < 1.29 is 24.2 Å². The Morgan fingerprint density at radius 3 is 1.94 bits per heavy atom. The van der Waals surface area contributed by atoms with E-state index in [0.717, 1.165) is 12.1 Å². The molecule has 8 heteroatoms. The van der Waals surface area contributed by atoms with Crippen LogP contribution < -0.4 is 10.6 Å². The van der Waals surface area contributed by atoms with Gasteiger partial charge in [0.25, 0.3) is 0 Å². The van der Waals surface area contributed by atoms with E-state index in [1.165, 1.54) is 82.9 Å². The van der Waals surface area contributed by atoms with E-state index in [9.17, 15) is 14.4 Å². The SMILES string of the molecule is C1CCC(NC2CCCCC2)CC1.CCOC(=O)CC(C)SCC(NC(C)=O)C(=O)O. The summed E-state index contributed by atoms with van der Waals surface area (Å²) in [6, 6.07) is 0.811. The average Bonchev–Trinajstić information content (AvgIpc) is 2.73. The highest BCUT2D eigenvalue weighted by Crippen LogP contribution is 2.22. The molecule has 2 saturated carbocycles. The quantitative estimate of drug-likeness (QED) is 0.427. The molecule has 0 aromatic heterocycles. The van der Waals surface area contributed by atoms with Gasteiger partial charge in [0, 0.05) is 30.0 Å². The third kappa shape index (κ3) is 13.7. The van der Waals surface area contributed by atoms with Crippen LogP contribution in [0.2, 0.25) is 0 Å². The summed E-state index contributed by atoms with van der Waals surface area (Å²) in [6.07, 6.45) is 14.8. The molecule has 0 heterocycles. The molecular weight excluding hydrogens is 416 g/mol. The highest BCUT2D eigenvalue weighted by Gasteiger charge is 2.21. The molecule has 3 N–H and O–H groups in total. The predicted octanol–water partition coefficient (Wildman–Crippen LogP) is 3.89. The lowest BCUT2D eigenvalue weighted by atomic mass is 9.91. The molecular formula is C23H42N2O5S. The van der Waals surface area contributed by atoms with Crippen LogP contribution >= 0.6 is 11.8 Å². The van der Waals surface area contributed by atoms with E-state index in [1.807, 2.05) is 6.92 Å². The summed E-state index contributed by atoms with van der Waals surface area (Å²) < 4.78 is 4.79. The van der Waals surface area contributed by atoms with Gasteiger partial charge in [-0.3, -0.25) is 9.59 Å². The monoisotopic (exact) mass is 458 g/mol. The van der Waals surface area contributed by atoms with Crippen LogP contribution in [0, 0.1) is 0 Å². The minimum absolute atomic E-state index is 0.0559. The number of carbonyl (C=O) groups excluding carboxylic acids is 2. The Kier molecular flexibility index (Phi) is 14.7. The molecule has 31 heavy (non-hydrogen) atoms. The molecule has 180 valence electrons. The zero-order chi connectivity index (χ0) is 23.1. The van der Waals surface area contributed by atoms with Crippen molar-refractivity contribution in [1.29, 1.82) is 0 Å². The van der Waals surface area contributed by atoms with Crippen molar-refractivity contribution in [3.8, 4) is 0 Å². The van der Waals surface area contributed by atoms with Crippen molar-refractivity contribution in [2.45, 2.75) is 115 Å². The Hall–Kier alpha value is -1.28. The maximum atomic E-state index is 11.2. The number of ether oxygens (including phenoxy) is 1. The standard InChI is InChI=1S/C12H23N.C11H19NO5S/c1-3-7-11(8-4-1)13-12-9-5-2-6-10-12;1-4-17-10(14)5-7(2)18-6-9(11(15)16)12-8(3)13/h11-13H,1-10H2;7,9H,4-6H2,1-3H3,(H,12,13)(H,15,16). The fourth-order valence-corrected chi connectivity index (χ4v) is 5.07. The van der Waals surface area contributed by atoms with Gasteiger partial charge in [0.2, 0.25) is 5.91 Å². The van der Waals surface area contributed by atoms with Crippen molar-refractivity contribution >= 4 is 29.6 Å². The predicted molar refractivity (Wildman–Crippen MR) is 125 cm³/mol. The summed E-state index contributed by atoms with van der Waals surface area (Å²) in [5, 5.41) is 15.0. The van der Waals surface area contributed by atoms with Crippen LogP contribution in [0.3, 0.4) is 0 Å². The van der Waals surface area contributed by atoms with Crippen molar-refractivity contribution in [2.75, 3.05) is 12.4 Å². The van der Waals surface area contributed by atoms with Gasteiger partial charge < -0.3 is 20.5 Å². The van der Waals surface area contributed by atoms with Gasteiger partial charge in [-0.25, -0.2) is 4.79 Å². The van der Waals surface area contributed by atoms with Gasteiger partial charge in [0.1, 0.15) is 6.04 Å². The van der Waals surface area contributed by atoms with Crippen LogP contribution in [0.1, 0.15) is 91.4 Å². The maximum Gasteiger partial charge on any atom is 0.327 e. The highest BCUT2D eigenvalue weighted by molar-refractivity contribution is 7.99. The maximum absolute atomic E-state index is 11.2. The van der Waals surface area contributed by atoms with Crippen LogP contribution in [0.5, 0.6) is 0 Å². The normalized spacial score (nSPS) is 19.5. The third-order valence-electron chi connectivity index (χ3n) is 5.66. The Morgan fingerprint density at radius 2 is 1.52 bits per heavy atom. The Labute approximate surface area is 191 Å². The summed E-state index contributed by atoms with van der Waals surface area (Å²) in [4.78, 5) is 32.8. The molecule has 1 amide bonds. The van der Waals surface area contributed by atoms with Crippen molar-refractivity contribution in [2.24, 2.45) is 0 Å². The zero-order valence-corrected chi connectivity index (χ0v) is 20.3. The number of rotatable bonds is 10. The lowest BCUT2D eigenvalue weighted by molar-refractivity contribution is -0.143. The molecule has 7 nitrogen and oxygen atoms in total. The second-order valence-corrected chi connectivity index (χ2v) is 10.1.